The fourth-order valence-corrected chi connectivity index (χ4v) is 3.40. The summed E-state index contributed by atoms with van der Waals surface area (Å²) < 4.78 is 10.9. The van der Waals surface area contributed by atoms with Gasteiger partial charge in [-0.2, -0.15) is 0 Å². The normalized spacial score (nSPS) is 41.1. The third kappa shape index (κ3) is 1.92. The van der Waals surface area contributed by atoms with Gasteiger partial charge in [0.25, 0.3) is 0 Å². The molecule has 0 aliphatic heterocycles. The zero-order valence-electron chi connectivity index (χ0n) is 10.9. The molecule has 0 spiro atoms. The van der Waals surface area contributed by atoms with Gasteiger partial charge in [0, 0.05) is 44.8 Å². The number of carbonyl (C=O) groups is 1. The van der Waals surface area contributed by atoms with Crippen LogP contribution in [0, 0.1) is 11.3 Å². The molecule has 0 saturated heterocycles. The smallest absolute Gasteiger partial charge is 0.168 e. The molecule has 0 radical (unpaired) electrons. The molecule has 2 aliphatic carbocycles. The molecule has 3 atom stereocenters. The van der Waals surface area contributed by atoms with E-state index in [1.54, 1.807) is 14.2 Å². The van der Waals surface area contributed by atoms with Crippen LogP contribution in [0.1, 0.15) is 39.0 Å². The standard InChI is InChI=1S/C13H22O4/c1-12-6-7-13(16-2,17-3)8-9(12)10(14)4-5-11(12)15/h9,11,15H,4-8H2,1-3H3/t9-,11+,12+/m0/s1. The van der Waals surface area contributed by atoms with Crippen LogP contribution in [0.3, 0.4) is 0 Å². The summed E-state index contributed by atoms with van der Waals surface area (Å²) >= 11 is 0. The predicted octanol–water partition coefficient (Wildman–Crippen LogP) is 1.51. The first-order valence-electron chi connectivity index (χ1n) is 6.28. The van der Waals surface area contributed by atoms with Crippen molar-refractivity contribution in [2.75, 3.05) is 14.2 Å². The van der Waals surface area contributed by atoms with Crippen LogP contribution in [0.4, 0.5) is 0 Å². The molecule has 2 rings (SSSR count). The number of methoxy groups -OCH3 is 2. The number of ether oxygens (including phenoxy) is 2. The summed E-state index contributed by atoms with van der Waals surface area (Å²) in [5.41, 5.74) is -0.296. The Hall–Kier alpha value is -0.450. The topological polar surface area (TPSA) is 55.8 Å². The molecule has 1 N–H and O–H groups in total. The van der Waals surface area contributed by atoms with E-state index in [1.165, 1.54) is 0 Å². The van der Waals surface area contributed by atoms with Gasteiger partial charge in [-0.05, 0) is 12.8 Å². The van der Waals surface area contributed by atoms with E-state index in [0.29, 0.717) is 19.3 Å². The van der Waals surface area contributed by atoms with Gasteiger partial charge in [0.2, 0.25) is 0 Å². The molecule has 0 bridgehead atoms. The minimum absolute atomic E-state index is 0.139. The van der Waals surface area contributed by atoms with Gasteiger partial charge in [-0.3, -0.25) is 4.79 Å². The second kappa shape index (κ2) is 4.34. The lowest BCUT2D eigenvalue weighted by Gasteiger charge is -2.52. The lowest BCUT2D eigenvalue weighted by Crippen LogP contribution is -2.55. The van der Waals surface area contributed by atoms with E-state index in [9.17, 15) is 9.90 Å². The highest BCUT2D eigenvalue weighted by Gasteiger charge is 2.55. The third-order valence-electron chi connectivity index (χ3n) is 4.91. The van der Waals surface area contributed by atoms with E-state index in [2.05, 4.69) is 0 Å². The zero-order chi connectivity index (χ0) is 12.7. The molecule has 98 valence electrons. The minimum atomic E-state index is -0.642. The lowest BCUT2D eigenvalue weighted by molar-refractivity contribution is -0.254. The van der Waals surface area contributed by atoms with Crippen molar-refractivity contribution < 1.29 is 19.4 Å². The Balaban J connectivity index is 2.26. The van der Waals surface area contributed by atoms with Crippen molar-refractivity contribution in [2.45, 2.75) is 50.9 Å². The molecule has 0 aromatic heterocycles. The van der Waals surface area contributed by atoms with Gasteiger partial charge in [0.15, 0.2) is 5.79 Å². The highest BCUT2D eigenvalue weighted by molar-refractivity contribution is 5.83. The molecule has 2 fully saturated rings. The lowest BCUT2D eigenvalue weighted by atomic mass is 9.57. The molecule has 0 aromatic rings. The van der Waals surface area contributed by atoms with Crippen molar-refractivity contribution in [3.63, 3.8) is 0 Å². The molecule has 0 unspecified atom stereocenters. The number of aliphatic hydroxyl groups excluding tert-OH is 1. The van der Waals surface area contributed by atoms with E-state index in [0.717, 1.165) is 12.8 Å². The molecular weight excluding hydrogens is 220 g/mol. The first-order valence-corrected chi connectivity index (χ1v) is 6.28. The van der Waals surface area contributed by atoms with Crippen LogP contribution in [0.25, 0.3) is 0 Å². The largest absolute Gasteiger partial charge is 0.393 e. The number of Topliss-reactive ketones (excluding diaryl/α,β-unsaturated/α-hetero) is 1. The van der Waals surface area contributed by atoms with Gasteiger partial charge in [-0.1, -0.05) is 6.92 Å². The quantitative estimate of drug-likeness (QED) is 0.746. The molecule has 2 saturated carbocycles. The van der Waals surface area contributed by atoms with Crippen molar-refractivity contribution in [2.24, 2.45) is 11.3 Å². The molecule has 0 heterocycles. The number of fused-ring (bicyclic) bond motifs is 1. The third-order valence-corrected chi connectivity index (χ3v) is 4.91. The number of hydrogen-bond donors (Lipinski definition) is 1. The Morgan fingerprint density at radius 3 is 2.53 bits per heavy atom. The summed E-state index contributed by atoms with van der Waals surface area (Å²) in [6, 6.07) is 0. The summed E-state index contributed by atoms with van der Waals surface area (Å²) in [4.78, 5) is 12.1. The fourth-order valence-electron chi connectivity index (χ4n) is 3.40. The van der Waals surface area contributed by atoms with Crippen LogP contribution in [0.2, 0.25) is 0 Å². The monoisotopic (exact) mass is 242 g/mol. The average Bonchev–Trinajstić information content (AvgIpc) is 2.35. The van der Waals surface area contributed by atoms with Gasteiger partial charge in [0.05, 0.1) is 6.10 Å². The summed E-state index contributed by atoms with van der Waals surface area (Å²) in [6.07, 6.45) is 2.76. The Labute approximate surface area is 102 Å². The molecule has 4 nitrogen and oxygen atoms in total. The van der Waals surface area contributed by atoms with E-state index >= 15 is 0 Å². The number of hydrogen-bond acceptors (Lipinski definition) is 4. The first-order chi connectivity index (χ1) is 7.97. The molecule has 0 aromatic carbocycles. The van der Waals surface area contributed by atoms with E-state index in [4.69, 9.17) is 9.47 Å². The summed E-state index contributed by atoms with van der Waals surface area (Å²) in [6.45, 7) is 2.02. The Kier molecular flexibility index (Phi) is 3.31. The van der Waals surface area contributed by atoms with Crippen molar-refractivity contribution in [3.8, 4) is 0 Å². The predicted molar refractivity (Wildman–Crippen MR) is 62.4 cm³/mol. The van der Waals surface area contributed by atoms with Crippen molar-refractivity contribution in [1.29, 1.82) is 0 Å². The second-order valence-corrected chi connectivity index (χ2v) is 5.60. The maximum atomic E-state index is 12.1. The van der Waals surface area contributed by atoms with Crippen LogP contribution in [-0.4, -0.2) is 37.0 Å². The number of aliphatic hydroxyl groups is 1. The number of carbonyl (C=O) groups excluding carboxylic acids is 1. The van der Waals surface area contributed by atoms with Gasteiger partial charge in [-0.25, -0.2) is 0 Å². The average molecular weight is 242 g/mol. The molecule has 2 aliphatic rings. The van der Waals surface area contributed by atoms with E-state index in [1.807, 2.05) is 6.92 Å². The Morgan fingerprint density at radius 1 is 1.29 bits per heavy atom. The van der Waals surface area contributed by atoms with Gasteiger partial charge in [0.1, 0.15) is 5.78 Å². The van der Waals surface area contributed by atoms with E-state index < -0.39 is 5.79 Å². The van der Waals surface area contributed by atoms with Crippen molar-refractivity contribution in [3.05, 3.63) is 0 Å². The first kappa shape index (κ1) is 13.0. The highest BCUT2D eigenvalue weighted by atomic mass is 16.7. The fraction of sp³-hybridized carbons (Fsp3) is 0.923. The highest BCUT2D eigenvalue weighted by Crippen LogP contribution is 2.52. The molecule has 0 amide bonds. The molecule has 4 heteroatoms. The van der Waals surface area contributed by atoms with Crippen LogP contribution in [0.15, 0.2) is 0 Å². The van der Waals surface area contributed by atoms with Crippen LogP contribution < -0.4 is 0 Å². The van der Waals surface area contributed by atoms with Gasteiger partial charge < -0.3 is 14.6 Å². The summed E-state index contributed by atoms with van der Waals surface area (Å²) in [5.74, 6) is -0.535. The second-order valence-electron chi connectivity index (χ2n) is 5.60. The number of ketones is 1. The maximum absolute atomic E-state index is 12.1. The van der Waals surface area contributed by atoms with Crippen LogP contribution in [-0.2, 0) is 14.3 Å². The molecule has 17 heavy (non-hydrogen) atoms. The Bertz CT molecular complexity index is 311. The van der Waals surface area contributed by atoms with Crippen molar-refractivity contribution in [1.82, 2.24) is 0 Å². The van der Waals surface area contributed by atoms with E-state index in [-0.39, 0.29) is 23.2 Å². The molecular formula is C13H22O4. The zero-order valence-corrected chi connectivity index (χ0v) is 10.9. The Morgan fingerprint density at radius 2 is 1.94 bits per heavy atom. The SMILES string of the molecule is COC1(OC)CC[C@@]2(C)[C@H](O)CCC(=O)[C@@H]2C1. The summed E-state index contributed by atoms with van der Waals surface area (Å²) in [5, 5.41) is 10.2. The van der Waals surface area contributed by atoms with Crippen LogP contribution >= 0.6 is 0 Å². The summed E-state index contributed by atoms with van der Waals surface area (Å²) in [7, 11) is 3.24. The maximum Gasteiger partial charge on any atom is 0.168 e. The van der Waals surface area contributed by atoms with Gasteiger partial charge >= 0.3 is 0 Å². The van der Waals surface area contributed by atoms with Crippen LogP contribution in [0.5, 0.6) is 0 Å². The van der Waals surface area contributed by atoms with Gasteiger partial charge in [-0.15, -0.1) is 0 Å². The van der Waals surface area contributed by atoms with Crippen molar-refractivity contribution >= 4 is 5.78 Å². The minimum Gasteiger partial charge on any atom is -0.393 e. The number of rotatable bonds is 2.